The largest absolute Gasteiger partial charge is 0.351 e. The number of hydrogen-bond acceptors (Lipinski definition) is 4. The fourth-order valence-electron chi connectivity index (χ4n) is 2.71. The van der Waals surface area contributed by atoms with E-state index >= 15 is 0 Å². The molecule has 1 saturated heterocycles. The second-order valence-electron chi connectivity index (χ2n) is 5.91. The molecule has 1 aliphatic rings. The fourth-order valence-corrected chi connectivity index (χ4v) is 2.71. The molecule has 1 N–H and O–H groups in total. The summed E-state index contributed by atoms with van der Waals surface area (Å²) in [5.74, 6) is -1.03. The molecule has 1 heterocycles. The van der Waals surface area contributed by atoms with Gasteiger partial charge in [0.05, 0.1) is 18.2 Å². The Labute approximate surface area is 115 Å². The molecule has 0 aliphatic carbocycles. The minimum absolute atomic E-state index is 0.0232. The molecule has 1 fully saturated rings. The van der Waals surface area contributed by atoms with Crippen LogP contribution in [0.2, 0.25) is 0 Å². The highest BCUT2D eigenvalue weighted by Gasteiger charge is 2.45. The molecular formula is C14H25NO4. The van der Waals surface area contributed by atoms with Crippen LogP contribution in [-0.4, -0.2) is 36.2 Å². The zero-order valence-electron chi connectivity index (χ0n) is 12.6. The van der Waals surface area contributed by atoms with E-state index < -0.39 is 5.79 Å². The maximum absolute atomic E-state index is 11.2. The molecule has 0 saturated carbocycles. The molecule has 5 heteroatoms. The molecule has 1 aliphatic heterocycles. The molecule has 0 aromatic heterocycles. The molecule has 0 bridgehead atoms. The maximum atomic E-state index is 11.2. The van der Waals surface area contributed by atoms with Crippen LogP contribution in [0.4, 0.5) is 0 Å². The second kappa shape index (κ2) is 6.01. The van der Waals surface area contributed by atoms with Crippen molar-refractivity contribution in [2.45, 2.75) is 65.6 Å². The van der Waals surface area contributed by atoms with Crippen LogP contribution in [0.5, 0.6) is 0 Å². The molecule has 5 nitrogen and oxygen atoms in total. The van der Waals surface area contributed by atoms with Gasteiger partial charge in [-0.1, -0.05) is 13.8 Å². The zero-order valence-corrected chi connectivity index (χ0v) is 12.6. The molecule has 19 heavy (non-hydrogen) atoms. The van der Waals surface area contributed by atoms with Gasteiger partial charge in [0.25, 0.3) is 0 Å². The molecule has 5 atom stereocenters. The lowest BCUT2D eigenvalue weighted by molar-refractivity contribution is -0.327. The summed E-state index contributed by atoms with van der Waals surface area (Å²) in [6.07, 6.45) is 0.519. The molecule has 110 valence electrons. The van der Waals surface area contributed by atoms with E-state index in [1.807, 2.05) is 34.6 Å². The Hall–Kier alpha value is -0.940. The summed E-state index contributed by atoms with van der Waals surface area (Å²) >= 11 is 0. The Bertz CT molecular complexity index is 342. The van der Waals surface area contributed by atoms with E-state index in [0.717, 1.165) is 6.29 Å². The van der Waals surface area contributed by atoms with Crippen molar-refractivity contribution >= 4 is 12.2 Å². The van der Waals surface area contributed by atoms with Crippen LogP contribution < -0.4 is 5.32 Å². The van der Waals surface area contributed by atoms with Gasteiger partial charge in [0, 0.05) is 18.8 Å². The van der Waals surface area contributed by atoms with Crippen molar-refractivity contribution in [1.82, 2.24) is 5.32 Å². The van der Waals surface area contributed by atoms with E-state index in [0.29, 0.717) is 0 Å². The summed E-state index contributed by atoms with van der Waals surface area (Å²) in [7, 11) is 0. The first-order valence-corrected chi connectivity index (χ1v) is 6.76. The van der Waals surface area contributed by atoms with Crippen molar-refractivity contribution in [2.75, 3.05) is 0 Å². The lowest BCUT2D eigenvalue weighted by Crippen LogP contribution is -2.58. The maximum Gasteiger partial charge on any atom is 0.217 e. The number of nitrogens with one attached hydrogen (secondary N) is 1. The average Bonchev–Trinajstić information content (AvgIpc) is 2.29. The average molecular weight is 271 g/mol. The SMILES string of the molecule is CC(=O)N[C@H](C)[C@H]1OC(C)(C)O[C@H]([C@H](C)C=O)[C@@H]1C. The van der Waals surface area contributed by atoms with Crippen molar-refractivity contribution in [3.05, 3.63) is 0 Å². The second-order valence-corrected chi connectivity index (χ2v) is 5.91. The van der Waals surface area contributed by atoms with Crippen LogP contribution in [0.25, 0.3) is 0 Å². The van der Waals surface area contributed by atoms with Crippen LogP contribution in [0.15, 0.2) is 0 Å². The predicted molar refractivity (Wildman–Crippen MR) is 71.5 cm³/mol. The molecule has 0 spiro atoms. The Kier molecular flexibility index (Phi) is 5.10. The number of carbonyl (C=O) groups is 2. The van der Waals surface area contributed by atoms with Gasteiger partial charge in [0.2, 0.25) is 5.91 Å². The van der Waals surface area contributed by atoms with Gasteiger partial charge in [-0.15, -0.1) is 0 Å². The number of amides is 1. The molecular weight excluding hydrogens is 246 g/mol. The van der Waals surface area contributed by atoms with Gasteiger partial charge >= 0.3 is 0 Å². The third-order valence-electron chi connectivity index (χ3n) is 3.53. The topological polar surface area (TPSA) is 64.6 Å². The van der Waals surface area contributed by atoms with Gasteiger partial charge in [-0.2, -0.15) is 0 Å². The third-order valence-corrected chi connectivity index (χ3v) is 3.53. The smallest absolute Gasteiger partial charge is 0.217 e. The molecule has 1 amide bonds. The van der Waals surface area contributed by atoms with E-state index in [9.17, 15) is 9.59 Å². The lowest BCUT2D eigenvalue weighted by atomic mass is 9.85. The number of carbonyl (C=O) groups excluding carboxylic acids is 2. The van der Waals surface area contributed by atoms with Gasteiger partial charge < -0.3 is 19.6 Å². The fraction of sp³-hybridized carbons (Fsp3) is 0.857. The summed E-state index contributed by atoms with van der Waals surface area (Å²) in [6.45, 7) is 10.9. The highest BCUT2D eigenvalue weighted by Crippen LogP contribution is 2.35. The van der Waals surface area contributed by atoms with Crippen LogP contribution in [0, 0.1) is 11.8 Å². The van der Waals surface area contributed by atoms with Crippen LogP contribution >= 0.6 is 0 Å². The first-order chi connectivity index (χ1) is 8.68. The number of rotatable bonds is 4. The first-order valence-electron chi connectivity index (χ1n) is 6.76. The van der Waals surface area contributed by atoms with E-state index in [4.69, 9.17) is 9.47 Å². The van der Waals surface area contributed by atoms with Crippen LogP contribution in [0.1, 0.15) is 41.5 Å². The van der Waals surface area contributed by atoms with Gasteiger partial charge in [0.1, 0.15) is 6.29 Å². The van der Waals surface area contributed by atoms with Gasteiger partial charge in [-0.05, 0) is 20.8 Å². The van der Waals surface area contributed by atoms with Crippen molar-refractivity contribution in [3.63, 3.8) is 0 Å². The standard InChI is InChI=1S/C14H25NO4/c1-8(7-16)12-9(2)13(10(3)15-11(4)17)19-14(5,6)18-12/h7-10,12-13H,1-6H3,(H,15,17)/t8-,9+,10-,12-,13+/m1/s1. The minimum Gasteiger partial charge on any atom is -0.351 e. The van der Waals surface area contributed by atoms with Crippen LogP contribution in [0.3, 0.4) is 0 Å². The summed E-state index contributed by atoms with van der Waals surface area (Å²) in [6, 6.07) is -0.128. The minimum atomic E-state index is -0.758. The third kappa shape index (κ3) is 4.01. The number of ether oxygens (including phenoxy) is 2. The first kappa shape index (κ1) is 16.1. The summed E-state index contributed by atoms with van der Waals surface area (Å²) in [5.41, 5.74) is 0. The predicted octanol–water partition coefficient (Wildman–Crippen LogP) is 1.50. The molecule has 0 aromatic rings. The quantitative estimate of drug-likeness (QED) is 0.787. The van der Waals surface area contributed by atoms with E-state index in [1.165, 1.54) is 6.92 Å². The summed E-state index contributed by atoms with van der Waals surface area (Å²) in [5, 5.41) is 2.85. The van der Waals surface area contributed by atoms with E-state index in [2.05, 4.69) is 5.32 Å². The monoisotopic (exact) mass is 271 g/mol. The summed E-state index contributed by atoms with van der Waals surface area (Å²) < 4.78 is 11.8. The number of aldehydes is 1. The van der Waals surface area contributed by atoms with Crippen molar-refractivity contribution in [3.8, 4) is 0 Å². The van der Waals surface area contributed by atoms with Gasteiger partial charge in [-0.25, -0.2) is 0 Å². The Morgan fingerprint density at radius 1 is 1.26 bits per heavy atom. The Morgan fingerprint density at radius 3 is 2.26 bits per heavy atom. The van der Waals surface area contributed by atoms with Gasteiger partial charge in [-0.3, -0.25) is 4.79 Å². The van der Waals surface area contributed by atoms with E-state index in [-0.39, 0.29) is 36.0 Å². The Morgan fingerprint density at radius 2 is 1.79 bits per heavy atom. The highest BCUT2D eigenvalue weighted by molar-refractivity contribution is 5.73. The van der Waals surface area contributed by atoms with Crippen molar-refractivity contribution in [1.29, 1.82) is 0 Å². The summed E-state index contributed by atoms with van der Waals surface area (Å²) in [4.78, 5) is 22.2. The van der Waals surface area contributed by atoms with Crippen molar-refractivity contribution < 1.29 is 19.1 Å². The molecule has 1 rings (SSSR count). The molecule has 0 unspecified atom stereocenters. The zero-order chi connectivity index (χ0) is 14.8. The number of hydrogen-bond donors (Lipinski definition) is 1. The molecule has 0 radical (unpaired) electrons. The highest BCUT2D eigenvalue weighted by atomic mass is 16.7. The Balaban J connectivity index is 2.90. The van der Waals surface area contributed by atoms with Crippen molar-refractivity contribution in [2.24, 2.45) is 11.8 Å². The lowest BCUT2D eigenvalue weighted by Gasteiger charge is -2.48. The normalized spacial score (nSPS) is 33.3. The van der Waals surface area contributed by atoms with Gasteiger partial charge in [0.15, 0.2) is 5.79 Å². The van der Waals surface area contributed by atoms with Crippen LogP contribution in [-0.2, 0) is 19.1 Å². The molecule has 0 aromatic carbocycles. The van der Waals surface area contributed by atoms with E-state index in [1.54, 1.807) is 0 Å².